The van der Waals surface area contributed by atoms with Crippen LogP contribution in [0.25, 0.3) is 11.2 Å². The van der Waals surface area contributed by atoms with Crippen molar-refractivity contribution in [1.82, 2.24) is 19.5 Å². The van der Waals surface area contributed by atoms with Gasteiger partial charge in [0.15, 0.2) is 11.5 Å². The number of aliphatic hydroxyl groups excluding tert-OH is 1. The summed E-state index contributed by atoms with van der Waals surface area (Å²) in [7, 11) is -3.31. The predicted octanol–water partition coefficient (Wildman–Crippen LogP) is 3.73. The highest BCUT2D eigenvalue weighted by Gasteiger charge is 2.55. The van der Waals surface area contributed by atoms with Gasteiger partial charge >= 0.3 is 7.60 Å². The number of nitrogens with zero attached hydrogens (tertiary/aromatic N) is 4. The molecule has 2 unspecified atom stereocenters. The first kappa shape index (κ1) is 26.9. The second kappa shape index (κ2) is 10.7. The summed E-state index contributed by atoms with van der Waals surface area (Å²) in [5.74, 6) is 0.128. The molecule has 3 aromatic rings. The molecule has 0 spiro atoms. The molecule has 36 heavy (non-hydrogen) atoms. The molecule has 5 atom stereocenters. The zero-order valence-electron chi connectivity index (χ0n) is 20.6. The molecule has 3 N–H and O–H groups in total. The number of halogens is 1. The van der Waals surface area contributed by atoms with E-state index in [2.05, 4.69) is 15.0 Å². The monoisotopic (exact) mass is 539 g/mol. The van der Waals surface area contributed by atoms with Crippen LogP contribution in [0.5, 0.6) is 0 Å². The molecule has 0 saturated carbocycles. The Morgan fingerprint density at radius 3 is 2.69 bits per heavy atom. The molecule has 2 aromatic heterocycles. The Balaban J connectivity index is 1.62. The fraction of sp³-hybridized carbons (Fsp3) is 0.522. The van der Waals surface area contributed by atoms with Gasteiger partial charge in [0, 0.05) is 6.66 Å². The molecule has 1 aliphatic rings. The van der Waals surface area contributed by atoms with Crippen LogP contribution < -0.4 is 5.73 Å². The molecule has 0 bridgehead atoms. The lowest BCUT2D eigenvalue weighted by molar-refractivity contribution is -0.0736. The van der Waals surface area contributed by atoms with E-state index in [1.165, 1.54) is 13.0 Å². The number of nitrogen functional groups attached to an aromatic ring is 1. The highest BCUT2D eigenvalue weighted by molar-refractivity contribution is 7.52. The molecule has 13 heteroatoms. The Kier molecular flexibility index (Phi) is 8.01. The highest BCUT2D eigenvalue weighted by Crippen LogP contribution is 2.49. The summed E-state index contributed by atoms with van der Waals surface area (Å²) < 4.78 is 37.2. The van der Waals surface area contributed by atoms with Gasteiger partial charge in [-0.2, -0.15) is 9.97 Å². The van der Waals surface area contributed by atoms with Crippen molar-refractivity contribution >= 4 is 36.2 Å². The molecular formula is C23H31ClN5O6P. The van der Waals surface area contributed by atoms with E-state index in [0.29, 0.717) is 17.8 Å². The van der Waals surface area contributed by atoms with Gasteiger partial charge in [-0.1, -0.05) is 36.8 Å². The largest absolute Gasteiger partial charge is 0.389 e. The zero-order chi connectivity index (χ0) is 26.1. The van der Waals surface area contributed by atoms with Crippen LogP contribution in [0.1, 0.15) is 31.2 Å². The third kappa shape index (κ3) is 5.57. The van der Waals surface area contributed by atoms with Crippen LogP contribution in [0.4, 0.5) is 5.82 Å². The summed E-state index contributed by atoms with van der Waals surface area (Å²) in [5.41, 5.74) is 7.87. The highest BCUT2D eigenvalue weighted by atomic mass is 35.5. The Morgan fingerprint density at radius 2 is 2.00 bits per heavy atom. The maximum Gasteiger partial charge on any atom is 0.327 e. The number of ether oxygens (including phenoxy) is 2. The summed E-state index contributed by atoms with van der Waals surface area (Å²) in [5, 5.41) is 11.3. The summed E-state index contributed by atoms with van der Waals surface area (Å²) >= 11 is 6.06. The molecule has 4 rings (SSSR count). The van der Waals surface area contributed by atoms with Crippen LogP contribution in [0.2, 0.25) is 5.28 Å². The number of hydrogen-bond donors (Lipinski definition) is 2. The molecule has 1 fully saturated rings. The lowest BCUT2D eigenvalue weighted by Crippen LogP contribution is -2.42. The van der Waals surface area contributed by atoms with E-state index in [9.17, 15) is 9.67 Å². The normalized spacial score (nSPS) is 25.9. The lowest BCUT2D eigenvalue weighted by atomic mass is 9.83. The molecule has 0 amide bonds. The third-order valence-electron chi connectivity index (χ3n) is 6.21. The fourth-order valence-electron chi connectivity index (χ4n) is 4.27. The molecular weight excluding hydrogens is 509 g/mol. The van der Waals surface area contributed by atoms with Crippen molar-refractivity contribution in [3.8, 4) is 0 Å². The van der Waals surface area contributed by atoms with Gasteiger partial charge in [0.1, 0.15) is 17.8 Å². The van der Waals surface area contributed by atoms with E-state index in [4.69, 9.17) is 35.9 Å². The number of nitrogens with two attached hydrogens (primary N) is 1. The lowest BCUT2D eigenvalue weighted by Gasteiger charge is -2.33. The van der Waals surface area contributed by atoms with Crippen molar-refractivity contribution in [2.75, 3.05) is 32.2 Å². The van der Waals surface area contributed by atoms with Gasteiger partial charge in [0.2, 0.25) is 5.28 Å². The SMILES string of the molecule is CCOP(C)(=O)OC[C@H]1O[C@@H](n2cnc3c(N)nc(Cl)nc32)[C@@](C)(COCc2ccc(C)cc2)C1O. The van der Waals surface area contributed by atoms with Crippen LogP contribution in [0.3, 0.4) is 0 Å². The Bertz CT molecular complexity index is 1260. The number of aliphatic hydroxyl groups is 1. The summed E-state index contributed by atoms with van der Waals surface area (Å²) in [6.45, 7) is 7.52. The second-order valence-corrected chi connectivity index (χ2v) is 11.5. The molecule has 1 saturated heterocycles. The molecule has 0 radical (unpaired) electrons. The Labute approximate surface area is 214 Å². The smallest absolute Gasteiger partial charge is 0.327 e. The van der Waals surface area contributed by atoms with E-state index < -0.39 is 31.4 Å². The Morgan fingerprint density at radius 1 is 1.28 bits per heavy atom. The molecule has 1 aromatic carbocycles. The first-order chi connectivity index (χ1) is 17.0. The summed E-state index contributed by atoms with van der Waals surface area (Å²) in [4.78, 5) is 12.5. The van der Waals surface area contributed by atoms with Crippen molar-refractivity contribution < 1.29 is 28.2 Å². The number of anilines is 1. The van der Waals surface area contributed by atoms with Gasteiger partial charge in [0.05, 0.1) is 44.3 Å². The first-order valence-corrected chi connectivity index (χ1v) is 13.9. The number of imidazole rings is 1. The average molecular weight is 540 g/mol. The van der Waals surface area contributed by atoms with E-state index in [0.717, 1.165) is 11.1 Å². The van der Waals surface area contributed by atoms with E-state index >= 15 is 0 Å². The molecule has 3 heterocycles. The van der Waals surface area contributed by atoms with Crippen molar-refractivity contribution in [3.63, 3.8) is 0 Å². The van der Waals surface area contributed by atoms with Crippen LogP contribution in [0, 0.1) is 12.3 Å². The minimum atomic E-state index is -3.31. The number of hydrogen-bond acceptors (Lipinski definition) is 10. The van der Waals surface area contributed by atoms with Crippen LogP contribution in [0.15, 0.2) is 30.6 Å². The number of rotatable bonds is 10. The topological polar surface area (TPSA) is 144 Å². The van der Waals surface area contributed by atoms with E-state index in [1.807, 2.05) is 38.1 Å². The first-order valence-electron chi connectivity index (χ1n) is 11.5. The maximum absolute atomic E-state index is 12.5. The number of benzene rings is 1. The number of fused-ring (bicyclic) bond motifs is 1. The maximum atomic E-state index is 12.5. The fourth-order valence-corrected chi connectivity index (χ4v) is 5.41. The van der Waals surface area contributed by atoms with E-state index in [1.54, 1.807) is 11.5 Å². The van der Waals surface area contributed by atoms with Crippen LogP contribution >= 0.6 is 19.2 Å². The molecule has 1 aliphatic heterocycles. The quantitative estimate of drug-likeness (QED) is 0.289. The summed E-state index contributed by atoms with van der Waals surface area (Å²) in [6, 6.07) is 8.00. The van der Waals surface area contributed by atoms with Gasteiger partial charge in [0.25, 0.3) is 0 Å². The van der Waals surface area contributed by atoms with Crippen molar-refractivity contribution in [1.29, 1.82) is 0 Å². The van der Waals surface area contributed by atoms with Gasteiger partial charge in [-0.05, 0) is 31.0 Å². The number of aryl methyl sites for hydroxylation is 1. The zero-order valence-corrected chi connectivity index (χ0v) is 22.3. The average Bonchev–Trinajstić information content (AvgIpc) is 3.33. The van der Waals surface area contributed by atoms with Gasteiger partial charge < -0.3 is 29.4 Å². The van der Waals surface area contributed by atoms with Crippen molar-refractivity contribution in [2.24, 2.45) is 5.41 Å². The van der Waals surface area contributed by atoms with Gasteiger partial charge in [-0.25, -0.2) is 4.98 Å². The number of aromatic nitrogens is 4. The molecule has 0 aliphatic carbocycles. The second-order valence-electron chi connectivity index (χ2n) is 9.14. The minimum Gasteiger partial charge on any atom is -0.389 e. The minimum absolute atomic E-state index is 0.0406. The van der Waals surface area contributed by atoms with Gasteiger partial charge in [-0.15, -0.1) is 0 Å². The standard InChI is InChI=1S/C23H31ClN5O6P/c1-5-33-36(4,31)34-11-16-18(30)23(3,12-32-10-15-8-6-14(2)7-9-15)21(35-16)29-13-26-17-19(25)27-22(24)28-20(17)29/h6-9,13,16,18,21,30H,5,10-12H2,1-4H3,(H2,25,27,28)/t16-,18?,21-,23+,36?/m1/s1. The Hall–Kier alpha value is -2.11. The van der Waals surface area contributed by atoms with Gasteiger partial charge in [-0.3, -0.25) is 9.13 Å². The van der Waals surface area contributed by atoms with Crippen molar-refractivity contribution in [2.45, 2.75) is 45.8 Å². The molecule has 196 valence electrons. The van der Waals surface area contributed by atoms with Crippen LogP contribution in [-0.4, -0.2) is 63.3 Å². The van der Waals surface area contributed by atoms with Crippen molar-refractivity contribution in [3.05, 3.63) is 47.0 Å². The predicted molar refractivity (Wildman–Crippen MR) is 135 cm³/mol. The van der Waals surface area contributed by atoms with Crippen LogP contribution in [-0.2, 0) is 29.7 Å². The summed E-state index contributed by atoms with van der Waals surface area (Å²) in [6.07, 6.45) is -1.15. The van der Waals surface area contributed by atoms with E-state index in [-0.39, 0.29) is 30.9 Å². The molecule has 11 nitrogen and oxygen atoms in total. The third-order valence-corrected chi connectivity index (χ3v) is 7.72.